The van der Waals surface area contributed by atoms with Crippen LogP contribution in [-0.4, -0.2) is 32.0 Å². The van der Waals surface area contributed by atoms with Crippen molar-refractivity contribution in [2.24, 2.45) is 0 Å². The van der Waals surface area contributed by atoms with E-state index in [-0.39, 0.29) is 24.2 Å². The van der Waals surface area contributed by atoms with Gasteiger partial charge >= 0.3 is 6.18 Å². The lowest BCUT2D eigenvalue weighted by molar-refractivity contribution is -0.137. The van der Waals surface area contributed by atoms with Crippen LogP contribution in [0.25, 0.3) is 0 Å². The number of carbonyl (C=O) groups is 1. The minimum Gasteiger partial charge on any atom is -0.508 e. The molecule has 0 saturated carbocycles. The van der Waals surface area contributed by atoms with Crippen molar-refractivity contribution in [3.63, 3.8) is 0 Å². The van der Waals surface area contributed by atoms with Gasteiger partial charge in [-0.05, 0) is 55.7 Å². The highest BCUT2D eigenvalue weighted by Gasteiger charge is 2.32. The largest absolute Gasteiger partial charge is 0.508 e. The van der Waals surface area contributed by atoms with E-state index in [4.69, 9.17) is 0 Å². The molecule has 0 aliphatic carbocycles. The van der Waals surface area contributed by atoms with Crippen molar-refractivity contribution in [3.05, 3.63) is 93.2 Å². The average Bonchev–Trinajstić information content (AvgIpc) is 3.26. The van der Waals surface area contributed by atoms with Gasteiger partial charge in [-0.25, -0.2) is 0 Å². The number of pyridine rings is 2. The Kier molecular flexibility index (Phi) is 6.45. The van der Waals surface area contributed by atoms with E-state index in [1.54, 1.807) is 11.8 Å². The zero-order valence-corrected chi connectivity index (χ0v) is 18.5. The van der Waals surface area contributed by atoms with Crippen LogP contribution in [0.15, 0.2) is 59.4 Å². The Hall–Kier alpha value is -3.62. The summed E-state index contributed by atoms with van der Waals surface area (Å²) in [5.41, 5.74) is 1.47. The van der Waals surface area contributed by atoms with Crippen LogP contribution in [-0.2, 0) is 23.9 Å². The van der Waals surface area contributed by atoms with Crippen LogP contribution in [0, 0.1) is 6.92 Å². The molecule has 4 rings (SSSR count). The topological polar surface area (TPSA) is 75.4 Å². The smallest absolute Gasteiger partial charge is 0.416 e. The fraction of sp³-hybridized carbons (Fsp3) is 0.320. The first kappa shape index (κ1) is 23.5. The van der Waals surface area contributed by atoms with Crippen LogP contribution in [0.2, 0.25) is 0 Å². The minimum absolute atomic E-state index is 0.132. The van der Waals surface area contributed by atoms with Gasteiger partial charge in [0, 0.05) is 30.4 Å². The molecule has 0 radical (unpaired) electrons. The minimum atomic E-state index is -4.38. The quantitative estimate of drug-likeness (QED) is 0.604. The number of hydrogen-bond donors (Lipinski definition) is 1. The van der Waals surface area contributed by atoms with E-state index in [0.717, 1.165) is 31.0 Å². The predicted octanol–water partition coefficient (Wildman–Crippen LogP) is 4.23. The zero-order chi connectivity index (χ0) is 24.5. The Morgan fingerprint density at radius 2 is 1.88 bits per heavy atom. The van der Waals surface area contributed by atoms with Gasteiger partial charge in [0.05, 0.1) is 17.3 Å². The number of halogens is 3. The van der Waals surface area contributed by atoms with E-state index in [0.29, 0.717) is 35.6 Å². The zero-order valence-electron chi connectivity index (χ0n) is 18.5. The number of hydrogen-bond acceptors (Lipinski definition) is 4. The number of carbonyl (C=O) groups excluding carboxylic acids is 1. The summed E-state index contributed by atoms with van der Waals surface area (Å²) in [6.45, 7) is 2.06. The third-order valence-corrected chi connectivity index (χ3v) is 6.02. The molecular formula is C25H24F3N3O3. The Balaban J connectivity index is 1.50. The van der Waals surface area contributed by atoms with Gasteiger partial charge in [0.15, 0.2) is 0 Å². The van der Waals surface area contributed by atoms with Gasteiger partial charge in [-0.15, -0.1) is 0 Å². The Morgan fingerprint density at radius 1 is 1.15 bits per heavy atom. The third-order valence-electron chi connectivity index (χ3n) is 6.02. The van der Waals surface area contributed by atoms with Crippen molar-refractivity contribution in [1.29, 1.82) is 0 Å². The Morgan fingerprint density at radius 3 is 2.56 bits per heavy atom. The summed E-state index contributed by atoms with van der Waals surface area (Å²) in [5.74, 6) is -0.354. The van der Waals surface area contributed by atoms with E-state index in [1.165, 1.54) is 22.8 Å². The van der Waals surface area contributed by atoms with E-state index < -0.39 is 17.3 Å². The molecule has 2 aromatic heterocycles. The number of amides is 1. The van der Waals surface area contributed by atoms with Gasteiger partial charge in [-0.1, -0.05) is 18.2 Å². The first-order valence-electron chi connectivity index (χ1n) is 10.9. The van der Waals surface area contributed by atoms with Gasteiger partial charge in [0.25, 0.3) is 5.56 Å². The second kappa shape index (κ2) is 9.32. The molecule has 1 aliphatic heterocycles. The van der Waals surface area contributed by atoms with Gasteiger partial charge in [-0.2, -0.15) is 13.2 Å². The molecule has 1 aliphatic rings. The van der Waals surface area contributed by atoms with Gasteiger partial charge in [0.2, 0.25) is 5.91 Å². The molecule has 1 saturated heterocycles. The molecule has 3 heterocycles. The second-order valence-electron chi connectivity index (χ2n) is 8.45. The van der Waals surface area contributed by atoms with Crippen LogP contribution in [0.1, 0.15) is 47.1 Å². The van der Waals surface area contributed by atoms with Crippen molar-refractivity contribution in [2.45, 2.75) is 44.9 Å². The van der Waals surface area contributed by atoms with Crippen molar-refractivity contribution in [1.82, 2.24) is 14.5 Å². The molecule has 3 aromatic rings. The van der Waals surface area contributed by atoms with E-state index in [2.05, 4.69) is 4.98 Å². The number of aromatic hydroxyl groups is 1. The first-order valence-corrected chi connectivity index (χ1v) is 10.9. The third kappa shape index (κ3) is 5.13. The van der Waals surface area contributed by atoms with E-state index in [9.17, 15) is 27.9 Å². The molecule has 1 amide bonds. The molecule has 0 unspecified atom stereocenters. The maximum atomic E-state index is 13.1. The van der Waals surface area contributed by atoms with Gasteiger partial charge < -0.3 is 14.6 Å². The lowest BCUT2D eigenvalue weighted by atomic mass is 10.1. The number of benzene rings is 1. The molecule has 178 valence electrons. The summed E-state index contributed by atoms with van der Waals surface area (Å²) < 4.78 is 39.7. The van der Waals surface area contributed by atoms with E-state index in [1.807, 2.05) is 18.2 Å². The molecule has 0 bridgehead atoms. The molecule has 1 fully saturated rings. The standard InChI is InChI=1S/C25H24F3N3O3/c1-16-12-20(32)14-23(33)31(16)15-24(34)30-11-3-6-22(30)21-5-2-4-19(29-21)13-17-7-9-18(10-8-17)25(26,27)28/h2,4-5,7-10,12,14,22,32H,3,6,11,13,15H2,1H3/t22-/m1/s1. The predicted molar refractivity (Wildman–Crippen MR) is 119 cm³/mol. The summed E-state index contributed by atoms with van der Waals surface area (Å²) in [7, 11) is 0. The Bertz CT molecular complexity index is 1250. The first-order chi connectivity index (χ1) is 16.1. The number of nitrogens with zero attached hydrogens (tertiary/aromatic N) is 3. The number of aromatic nitrogens is 2. The van der Waals surface area contributed by atoms with Crippen LogP contribution in [0.5, 0.6) is 5.75 Å². The summed E-state index contributed by atoms with van der Waals surface area (Å²) in [4.78, 5) is 31.7. The van der Waals surface area contributed by atoms with Crippen molar-refractivity contribution in [2.75, 3.05) is 6.54 Å². The molecule has 1 atom stereocenters. The average molecular weight is 471 g/mol. The SMILES string of the molecule is Cc1cc(O)cc(=O)n1CC(=O)N1CCC[C@@H]1c1cccc(Cc2ccc(C(F)(F)F)cc2)n1. The van der Waals surface area contributed by atoms with Crippen molar-refractivity contribution in [3.8, 4) is 5.75 Å². The summed E-state index contributed by atoms with van der Waals surface area (Å²) in [6, 6.07) is 12.8. The molecular weight excluding hydrogens is 447 g/mol. The van der Waals surface area contributed by atoms with Gasteiger partial charge in [0.1, 0.15) is 12.3 Å². The molecule has 6 nitrogen and oxygen atoms in total. The summed E-state index contributed by atoms with van der Waals surface area (Å²) in [5, 5.41) is 9.57. The molecule has 34 heavy (non-hydrogen) atoms. The molecule has 0 spiro atoms. The fourth-order valence-corrected chi connectivity index (χ4v) is 4.32. The van der Waals surface area contributed by atoms with Crippen molar-refractivity contribution >= 4 is 5.91 Å². The van der Waals surface area contributed by atoms with Crippen LogP contribution in [0.3, 0.4) is 0 Å². The highest BCUT2D eigenvalue weighted by atomic mass is 19.4. The molecule has 1 N–H and O–H groups in total. The highest BCUT2D eigenvalue weighted by molar-refractivity contribution is 5.77. The number of alkyl halides is 3. The monoisotopic (exact) mass is 471 g/mol. The number of aryl methyl sites for hydroxylation is 1. The highest BCUT2D eigenvalue weighted by Crippen LogP contribution is 2.32. The van der Waals surface area contributed by atoms with Crippen LogP contribution in [0.4, 0.5) is 13.2 Å². The lowest BCUT2D eigenvalue weighted by Gasteiger charge is -2.25. The van der Waals surface area contributed by atoms with Crippen molar-refractivity contribution < 1.29 is 23.1 Å². The van der Waals surface area contributed by atoms with Crippen LogP contribution >= 0.6 is 0 Å². The Labute approximate surface area is 194 Å². The second-order valence-corrected chi connectivity index (χ2v) is 8.45. The molecule has 9 heteroatoms. The maximum Gasteiger partial charge on any atom is 0.416 e. The van der Waals surface area contributed by atoms with E-state index >= 15 is 0 Å². The normalized spacial score (nSPS) is 16.1. The summed E-state index contributed by atoms with van der Waals surface area (Å²) in [6.07, 6.45) is -2.48. The van der Waals surface area contributed by atoms with Crippen LogP contribution < -0.4 is 5.56 Å². The number of likely N-dealkylation sites (tertiary alicyclic amines) is 1. The number of rotatable bonds is 5. The lowest BCUT2D eigenvalue weighted by Crippen LogP contribution is -2.37. The molecule has 1 aromatic carbocycles. The maximum absolute atomic E-state index is 13.1. The summed E-state index contributed by atoms with van der Waals surface area (Å²) >= 11 is 0. The fourth-order valence-electron chi connectivity index (χ4n) is 4.32. The van der Waals surface area contributed by atoms with Gasteiger partial charge in [-0.3, -0.25) is 14.6 Å².